The third-order valence-electron chi connectivity index (χ3n) is 0. The molecule has 0 heterocycles. The molecule has 0 amide bonds. The number of hydrogen-bond acceptors (Lipinski definition) is 4. The normalized spacial score (nSPS) is 8.00. The first-order chi connectivity index (χ1) is 3.41. The maximum atomic E-state index is 8.74. The number of halogens is 2. The molecule has 0 unspecified atom stereocenters. The summed E-state index contributed by atoms with van der Waals surface area (Å²) in [4.78, 5) is 0. The Labute approximate surface area is 73.6 Å². The van der Waals surface area contributed by atoms with Crippen molar-refractivity contribution in [3.8, 4) is 0 Å². The van der Waals surface area contributed by atoms with Crippen LogP contribution in [0.5, 0.6) is 0 Å². The van der Waals surface area contributed by atoms with Gasteiger partial charge in [-0.05, 0) is 0 Å². The van der Waals surface area contributed by atoms with Gasteiger partial charge in [-0.2, -0.15) is 8.42 Å². The average Bonchev–Trinajstić information content (AvgIpc) is 1.27. The minimum atomic E-state index is -4.67. The van der Waals surface area contributed by atoms with E-state index < -0.39 is 10.4 Å². The van der Waals surface area contributed by atoms with Gasteiger partial charge in [0.05, 0.1) is 0 Å². The fraction of sp³-hybridized carbons (Fsp3) is 0. The Morgan fingerprint density at radius 1 is 1.10 bits per heavy atom. The molecule has 0 spiro atoms. The molecule has 0 saturated heterocycles. The molecule has 0 aromatic carbocycles. The van der Waals surface area contributed by atoms with Crippen molar-refractivity contribution >= 4 is 30.6 Å². The second kappa shape index (κ2) is 12.6. The predicted octanol–water partition coefficient (Wildman–Crippen LogP) is 1.05. The van der Waals surface area contributed by atoms with Gasteiger partial charge in [-0.25, -0.2) is 0 Å². The third-order valence-corrected chi connectivity index (χ3v) is 0. The van der Waals surface area contributed by atoms with Gasteiger partial charge in [-0.3, -0.25) is 9.11 Å². The van der Waals surface area contributed by atoms with E-state index in [4.69, 9.17) is 37.7 Å². The summed E-state index contributed by atoms with van der Waals surface area (Å²) in [5.41, 5.74) is 0. The van der Waals surface area contributed by atoms with Crippen LogP contribution in [0.15, 0.2) is 0 Å². The predicted molar refractivity (Wildman–Crippen MR) is 35.9 cm³/mol. The van der Waals surface area contributed by atoms with E-state index in [2.05, 4.69) is 0 Å². The van der Waals surface area contributed by atoms with Crippen molar-refractivity contribution in [1.29, 1.82) is 0 Å². The summed E-state index contributed by atoms with van der Waals surface area (Å²) in [7, 11) is 4.86. The van der Waals surface area contributed by atoms with E-state index in [0.29, 0.717) is 0 Å². The van der Waals surface area contributed by atoms with Crippen LogP contribution in [-0.4, -0.2) is 17.5 Å². The first kappa shape index (κ1) is 22.4. The molecule has 0 aromatic rings. The van der Waals surface area contributed by atoms with Crippen LogP contribution < -0.4 is 12.3 Å². The quantitative estimate of drug-likeness (QED) is 0.377. The summed E-state index contributed by atoms with van der Waals surface area (Å²) < 4.78 is 31.6. The van der Waals surface area contributed by atoms with E-state index in [-0.39, 0.29) is 25.4 Å². The standard InChI is InChI=1S/2ClH.Fe.2H3N.H2O4S/c;;;;;1-5(2,3)4/h2*1H;;2*1H3;(H2,1,2,3,4)/q;;+2;;;/p-2. The average molecular weight is 259 g/mol. The fourth-order valence-electron chi connectivity index (χ4n) is 0. The monoisotopic (exact) mass is 258 g/mol. The van der Waals surface area contributed by atoms with Crippen LogP contribution in [-0.2, 0) is 23.5 Å². The van der Waals surface area contributed by atoms with Crippen LogP contribution in [0.3, 0.4) is 0 Å². The van der Waals surface area contributed by atoms with Gasteiger partial charge >= 0.3 is 43.7 Å². The molecule has 0 aromatic heterocycles. The van der Waals surface area contributed by atoms with Crippen LogP contribution in [0.4, 0.5) is 0 Å². The zero-order valence-electron chi connectivity index (χ0n) is 4.64. The van der Waals surface area contributed by atoms with Crippen LogP contribution in [0.25, 0.3) is 0 Å². The third kappa shape index (κ3) is 699. The molecular weight excluding hydrogens is 251 g/mol. The molecule has 0 aliphatic heterocycles. The fourth-order valence-corrected chi connectivity index (χ4v) is 0. The Morgan fingerprint density at radius 3 is 1.10 bits per heavy atom. The molecule has 8 N–H and O–H groups in total. The molecular formula is H8Cl2FeN2O4S. The molecule has 0 aliphatic rings. The first-order valence-corrected chi connectivity index (χ1v) is 5.40. The maximum absolute atomic E-state index is 8.74. The number of rotatable bonds is 0. The number of hydrogen-bond donors (Lipinski definition) is 4. The first-order valence-electron chi connectivity index (χ1n) is 0.966. The Kier molecular flexibility index (Phi) is 28.2. The molecule has 0 bridgehead atoms. The van der Waals surface area contributed by atoms with Crippen molar-refractivity contribution in [1.82, 2.24) is 12.3 Å². The van der Waals surface area contributed by atoms with Crippen LogP contribution in [0.1, 0.15) is 0 Å². The van der Waals surface area contributed by atoms with Crippen molar-refractivity contribution in [3.05, 3.63) is 0 Å². The van der Waals surface area contributed by atoms with Gasteiger partial charge in [0.25, 0.3) is 0 Å². The topological polar surface area (TPSA) is 145 Å². The van der Waals surface area contributed by atoms with E-state index in [1.165, 1.54) is 0 Å². The molecule has 0 rings (SSSR count). The molecule has 6 nitrogen and oxygen atoms in total. The summed E-state index contributed by atoms with van der Waals surface area (Å²) >= 11 is 0.194. The Hall–Kier alpha value is 0.889. The molecule has 0 fully saturated rings. The van der Waals surface area contributed by atoms with E-state index in [1.807, 2.05) is 0 Å². The Bertz CT molecular complexity index is 115. The van der Waals surface area contributed by atoms with Gasteiger partial charge in [0.15, 0.2) is 0 Å². The van der Waals surface area contributed by atoms with Crippen molar-refractivity contribution in [2.75, 3.05) is 0 Å². The van der Waals surface area contributed by atoms with Crippen LogP contribution in [0, 0.1) is 0 Å². The van der Waals surface area contributed by atoms with Crippen molar-refractivity contribution in [2.24, 2.45) is 0 Å². The van der Waals surface area contributed by atoms with Gasteiger partial charge in [0.2, 0.25) is 0 Å². The zero-order valence-corrected chi connectivity index (χ0v) is 8.08. The minimum absolute atomic E-state index is 0. The second-order valence-corrected chi connectivity index (χ2v) is 3.22. The summed E-state index contributed by atoms with van der Waals surface area (Å²) in [5, 5.41) is 0. The summed E-state index contributed by atoms with van der Waals surface area (Å²) in [5.74, 6) is 0. The zero-order chi connectivity index (χ0) is 7.21. The van der Waals surface area contributed by atoms with Gasteiger partial charge in [-0.1, -0.05) is 0 Å². The summed E-state index contributed by atoms with van der Waals surface area (Å²) in [6.45, 7) is 0. The second-order valence-electron chi connectivity index (χ2n) is 0.498. The molecule has 10 heavy (non-hydrogen) atoms. The van der Waals surface area contributed by atoms with Crippen LogP contribution in [0.2, 0.25) is 0 Å². The van der Waals surface area contributed by atoms with E-state index in [1.54, 1.807) is 0 Å². The molecule has 10 heteroatoms. The Morgan fingerprint density at radius 2 is 1.10 bits per heavy atom. The summed E-state index contributed by atoms with van der Waals surface area (Å²) in [6.07, 6.45) is 0. The molecule has 70 valence electrons. The molecule has 0 aliphatic carbocycles. The van der Waals surface area contributed by atoms with Gasteiger partial charge in [0, 0.05) is 0 Å². The SMILES string of the molecule is N.N.O=S(=O)(O)O.[Cl][Fe][Cl]. The molecule has 0 saturated carbocycles. The van der Waals surface area contributed by atoms with E-state index in [9.17, 15) is 0 Å². The van der Waals surface area contributed by atoms with Crippen molar-refractivity contribution < 1.29 is 30.7 Å². The van der Waals surface area contributed by atoms with Gasteiger partial charge in [0.1, 0.15) is 0 Å². The van der Waals surface area contributed by atoms with Gasteiger partial charge < -0.3 is 12.3 Å². The summed E-state index contributed by atoms with van der Waals surface area (Å²) in [6, 6.07) is 0. The molecule has 0 radical (unpaired) electrons. The van der Waals surface area contributed by atoms with Crippen molar-refractivity contribution in [3.63, 3.8) is 0 Å². The molecule has 0 atom stereocenters. The van der Waals surface area contributed by atoms with E-state index in [0.717, 1.165) is 0 Å². The van der Waals surface area contributed by atoms with E-state index >= 15 is 0 Å². The van der Waals surface area contributed by atoms with Crippen molar-refractivity contribution in [2.45, 2.75) is 0 Å². The Balaban J connectivity index is -0.0000000326. The van der Waals surface area contributed by atoms with Crippen LogP contribution >= 0.6 is 20.2 Å². The van der Waals surface area contributed by atoms with Gasteiger partial charge in [-0.15, -0.1) is 0 Å².